The van der Waals surface area contributed by atoms with Crippen LogP contribution in [0.4, 0.5) is 0 Å². The van der Waals surface area contributed by atoms with Gasteiger partial charge in [-0.2, -0.15) is 0 Å². The molecule has 4 rings (SSSR count). The number of nitrogens with zero attached hydrogens (tertiary/aromatic N) is 3. The monoisotopic (exact) mass is 355 g/mol. The van der Waals surface area contributed by atoms with Gasteiger partial charge in [0.15, 0.2) is 5.82 Å². The normalized spacial score (nSPS) is 10.9. The number of aromatic nitrogens is 3. The first-order valence-electron chi connectivity index (χ1n) is 9.16. The third kappa shape index (κ3) is 3.51. The fourth-order valence-electron chi connectivity index (χ4n) is 3.18. The van der Waals surface area contributed by atoms with Crippen LogP contribution in [0, 0.1) is 0 Å². The van der Waals surface area contributed by atoms with Gasteiger partial charge in [0, 0.05) is 16.6 Å². The number of hydrogen-bond donors (Lipinski definition) is 0. The molecule has 0 unspecified atom stereocenters. The van der Waals surface area contributed by atoms with Crippen LogP contribution in [0.2, 0.25) is 0 Å². The third-order valence-electron chi connectivity index (χ3n) is 4.49. The summed E-state index contributed by atoms with van der Waals surface area (Å²) in [5.41, 5.74) is 4.66. The van der Waals surface area contributed by atoms with Crippen molar-refractivity contribution in [3.63, 3.8) is 0 Å². The molecule has 0 atom stereocenters. The number of pyridine rings is 1. The van der Waals surface area contributed by atoms with E-state index in [0.717, 1.165) is 52.1 Å². The van der Waals surface area contributed by atoms with Gasteiger partial charge in [0.1, 0.15) is 11.4 Å². The number of fused-ring (bicyclic) bond motifs is 1. The van der Waals surface area contributed by atoms with Crippen molar-refractivity contribution in [3.05, 3.63) is 72.4 Å². The SMILES string of the molecule is CCCc1cccc(-c2nc(-c3cccc(OC)c3)c3ccccc3n2)n1. The van der Waals surface area contributed by atoms with Crippen LogP contribution in [0.15, 0.2) is 66.7 Å². The highest BCUT2D eigenvalue weighted by molar-refractivity contribution is 5.93. The van der Waals surface area contributed by atoms with Crippen LogP contribution < -0.4 is 4.74 Å². The van der Waals surface area contributed by atoms with Crippen molar-refractivity contribution in [1.82, 2.24) is 15.0 Å². The van der Waals surface area contributed by atoms with Crippen molar-refractivity contribution in [2.24, 2.45) is 0 Å². The second-order valence-corrected chi connectivity index (χ2v) is 6.41. The van der Waals surface area contributed by atoms with E-state index < -0.39 is 0 Å². The van der Waals surface area contributed by atoms with Crippen LogP contribution in [0.25, 0.3) is 33.7 Å². The van der Waals surface area contributed by atoms with Gasteiger partial charge in [0.2, 0.25) is 0 Å². The Hall–Kier alpha value is -3.27. The predicted octanol–water partition coefficient (Wildman–Crippen LogP) is 5.32. The lowest BCUT2D eigenvalue weighted by Crippen LogP contribution is -1.98. The largest absolute Gasteiger partial charge is 0.497 e. The molecule has 0 bridgehead atoms. The van der Waals surface area contributed by atoms with E-state index in [1.807, 2.05) is 54.6 Å². The zero-order valence-electron chi connectivity index (χ0n) is 15.5. The molecule has 0 aliphatic heterocycles. The van der Waals surface area contributed by atoms with Crippen LogP contribution in [-0.2, 0) is 6.42 Å². The molecule has 0 aliphatic carbocycles. The van der Waals surface area contributed by atoms with Crippen LogP contribution in [0.3, 0.4) is 0 Å². The van der Waals surface area contributed by atoms with Gasteiger partial charge in [-0.25, -0.2) is 15.0 Å². The van der Waals surface area contributed by atoms with Gasteiger partial charge >= 0.3 is 0 Å². The molecule has 0 fully saturated rings. The maximum Gasteiger partial charge on any atom is 0.179 e. The molecule has 27 heavy (non-hydrogen) atoms. The Morgan fingerprint density at radius 1 is 0.852 bits per heavy atom. The molecule has 0 N–H and O–H groups in total. The molecule has 134 valence electrons. The van der Waals surface area contributed by atoms with E-state index in [9.17, 15) is 0 Å². The highest BCUT2D eigenvalue weighted by Gasteiger charge is 2.13. The Labute approximate surface area is 158 Å². The summed E-state index contributed by atoms with van der Waals surface area (Å²) < 4.78 is 5.39. The fraction of sp³-hybridized carbons (Fsp3) is 0.174. The summed E-state index contributed by atoms with van der Waals surface area (Å²) in [6.45, 7) is 2.15. The minimum atomic E-state index is 0.643. The average molecular weight is 355 g/mol. The molecule has 2 aromatic carbocycles. The summed E-state index contributed by atoms with van der Waals surface area (Å²) in [7, 11) is 1.67. The van der Waals surface area contributed by atoms with Gasteiger partial charge in [0.25, 0.3) is 0 Å². The summed E-state index contributed by atoms with van der Waals surface area (Å²) in [6.07, 6.45) is 2.01. The molecule has 0 amide bonds. The summed E-state index contributed by atoms with van der Waals surface area (Å²) in [6, 6.07) is 22.1. The standard InChI is InChI=1S/C23H21N3O/c1-3-8-17-10-7-14-21(24-17)23-25-20-13-5-4-12-19(20)22(26-23)16-9-6-11-18(15-16)27-2/h4-7,9-15H,3,8H2,1-2H3. The Bertz CT molecular complexity index is 1090. The van der Waals surface area contributed by atoms with Gasteiger partial charge in [-0.05, 0) is 36.8 Å². The van der Waals surface area contributed by atoms with Crippen LogP contribution in [0.5, 0.6) is 5.75 Å². The predicted molar refractivity (Wildman–Crippen MR) is 109 cm³/mol. The van der Waals surface area contributed by atoms with Crippen LogP contribution in [-0.4, -0.2) is 22.1 Å². The van der Waals surface area contributed by atoms with Crippen molar-refractivity contribution in [2.45, 2.75) is 19.8 Å². The number of benzene rings is 2. The molecule has 4 nitrogen and oxygen atoms in total. The van der Waals surface area contributed by atoms with Crippen molar-refractivity contribution in [2.75, 3.05) is 7.11 Å². The average Bonchev–Trinajstić information content (AvgIpc) is 2.73. The number of rotatable bonds is 5. The highest BCUT2D eigenvalue weighted by Crippen LogP contribution is 2.30. The Morgan fingerprint density at radius 2 is 1.70 bits per heavy atom. The molecular formula is C23H21N3O. The summed E-state index contributed by atoms with van der Waals surface area (Å²) >= 11 is 0. The van der Waals surface area contributed by atoms with Crippen LogP contribution in [0.1, 0.15) is 19.0 Å². The molecular weight excluding hydrogens is 334 g/mol. The molecule has 2 heterocycles. The van der Waals surface area contributed by atoms with Gasteiger partial charge in [0.05, 0.1) is 18.3 Å². The minimum absolute atomic E-state index is 0.643. The minimum Gasteiger partial charge on any atom is -0.497 e. The van der Waals surface area contributed by atoms with Gasteiger partial charge < -0.3 is 4.74 Å². The number of aryl methyl sites for hydroxylation is 1. The third-order valence-corrected chi connectivity index (χ3v) is 4.49. The first kappa shape index (κ1) is 17.2. The van der Waals surface area contributed by atoms with Crippen molar-refractivity contribution in [1.29, 1.82) is 0 Å². The van der Waals surface area contributed by atoms with Crippen molar-refractivity contribution >= 4 is 10.9 Å². The quantitative estimate of drug-likeness (QED) is 0.486. The zero-order chi connectivity index (χ0) is 18.6. The Balaban J connectivity index is 1.92. The van der Waals surface area contributed by atoms with Gasteiger partial charge in [-0.1, -0.05) is 49.7 Å². The van der Waals surface area contributed by atoms with E-state index in [-0.39, 0.29) is 0 Å². The number of hydrogen-bond acceptors (Lipinski definition) is 4. The van der Waals surface area contributed by atoms with Gasteiger partial charge in [-0.3, -0.25) is 0 Å². The first-order chi connectivity index (χ1) is 13.3. The van der Waals surface area contributed by atoms with E-state index in [0.29, 0.717) is 5.82 Å². The second kappa shape index (κ2) is 7.54. The summed E-state index contributed by atoms with van der Waals surface area (Å²) in [4.78, 5) is 14.4. The molecule has 0 radical (unpaired) electrons. The highest BCUT2D eigenvalue weighted by atomic mass is 16.5. The van der Waals surface area contributed by atoms with Gasteiger partial charge in [-0.15, -0.1) is 0 Å². The zero-order valence-corrected chi connectivity index (χ0v) is 15.5. The van der Waals surface area contributed by atoms with E-state index in [1.165, 1.54) is 0 Å². The van der Waals surface area contributed by atoms with Crippen molar-refractivity contribution < 1.29 is 4.74 Å². The number of methoxy groups -OCH3 is 1. The Morgan fingerprint density at radius 3 is 2.56 bits per heavy atom. The number of ether oxygens (including phenoxy) is 1. The van der Waals surface area contributed by atoms with E-state index in [2.05, 4.69) is 19.1 Å². The molecule has 0 spiro atoms. The molecule has 0 aliphatic rings. The molecule has 4 heteroatoms. The second-order valence-electron chi connectivity index (χ2n) is 6.41. The maximum atomic E-state index is 5.39. The molecule has 0 saturated carbocycles. The van der Waals surface area contributed by atoms with Crippen LogP contribution >= 0.6 is 0 Å². The smallest absolute Gasteiger partial charge is 0.179 e. The maximum absolute atomic E-state index is 5.39. The lowest BCUT2D eigenvalue weighted by atomic mass is 10.1. The van der Waals surface area contributed by atoms with E-state index >= 15 is 0 Å². The lowest BCUT2D eigenvalue weighted by molar-refractivity contribution is 0.415. The van der Waals surface area contributed by atoms with E-state index in [1.54, 1.807) is 7.11 Å². The number of para-hydroxylation sites is 1. The Kier molecular flexibility index (Phi) is 4.79. The lowest BCUT2D eigenvalue weighted by Gasteiger charge is -2.10. The van der Waals surface area contributed by atoms with E-state index in [4.69, 9.17) is 19.7 Å². The topological polar surface area (TPSA) is 47.9 Å². The van der Waals surface area contributed by atoms with Crippen molar-refractivity contribution in [3.8, 4) is 28.5 Å². The summed E-state index contributed by atoms with van der Waals surface area (Å²) in [5, 5.41) is 1.01. The fourth-order valence-corrected chi connectivity index (χ4v) is 3.18. The summed E-state index contributed by atoms with van der Waals surface area (Å²) in [5.74, 6) is 1.45. The first-order valence-corrected chi connectivity index (χ1v) is 9.16. The molecule has 2 aromatic heterocycles. The molecule has 4 aromatic rings. The molecule has 0 saturated heterocycles.